The molecule has 0 aromatic carbocycles. The lowest BCUT2D eigenvalue weighted by molar-refractivity contribution is 1.33. The molecule has 0 amide bonds. The van der Waals surface area contributed by atoms with E-state index >= 15 is 0 Å². The van der Waals surface area contributed by atoms with Crippen molar-refractivity contribution in [3.8, 4) is 0 Å². The van der Waals surface area contributed by atoms with Gasteiger partial charge >= 0.3 is 0 Å². The van der Waals surface area contributed by atoms with E-state index in [0.717, 1.165) is 0 Å². The van der Waals surface area contributed by atoms with E-state index in [-0.39, 0.29) is 4.71 Å². The fourth-order valence-corrected chi connectivity index (χ4v) is 0. The first-order chi connectivity index (χ1) is 2.73. The molecule has 1 nitrogen and oxygen atoms in total. The van der Waals surface area contributed by atoms with E-state index in [1.54, 1.807) is 0 Å². The van der Waals surface area contributed by atoms with E-state index in [9.17, 15) is 0 Å². The molecule has 0 unspecified atom stereocenters. The minimum atomic E-state index is -0.278. The van der Waals surface area contributed by atoms with E-state index in [0.29, 0.717) is 0 Å². The average molecular weight is 125 g/mol. The molecule has 0 rings (SSSR count). The second kappa shape index (κ2) is 9.18. The predicted octanol–water partition coefficient (Wildman–Crippen LogP) is 1.11. The number of nitrogens with two attached hydrogens (primary N) is 1. The first-order valence-corrected chi connectivity index (χ1v) is 2.88. The van der Waals surface area contributed by atoms with Crippen molar-refractivity contribution in [3.05, 3.63) is 0 Å². The van der Waals surface area contributed by atoms with Crippen molar-refractivity contribution in [2.75, 3.05) is 0 Å². The molecule has 0 aromatic heterocycles. The van der Waals surface area contributed by atoms with Gasteiger partial charge in [0.25, 0.3) is 0 Å². The minimum absolute atomic E-state index is 0.278. The third-order valence-electron chi connectivity index (χ3n) is 0. The van der Waals surface area contributed by atoms with Crippen LogP contribution in [-0.4, -0.2) is 4.71 Å². The molecule has 0 atom stereocenters. The molecule has 6 heavy (non-hydrogen) atoms. The Kier molecular flexibility index (Phi) is 15.0. The minimum Gasteiger partial charge on any atom is -0.311 e. The Morgan fingerprint density at radius 2 is 1.33 bits per heavy atom. The molecule has 0 heterocycles. The molecule has 0 aliphatic rings. The summed E-state index contributed by atoms with van der Waals surface area (Å²) < 4.78 is -0.278. The molecule has 0 aliphatic heterocycles. The van der Waals surface area contributed by atoms with Gasteiger partial charge in [-0.15, -0.1) is 0 Å². The Morgan fingerprint density at radius 1 is 1.33 bits per heavy atom. The van der Waals surface area contributed by atoms with Gasteiger partial charge in [0.2, 0.25) is 0 Å². The summed E-state index contributed by atoms with van der Waals surface area (Å²) in [5.74, 6) is 0. The quantitative estimate of drug-likeness (QED) is 0.328. The van der Waals surface area contributed by atoms with Crippen molar-refractivity contribution in [1.82, 2.24) is 0 Å². The lowest BCUT2D eigenvalue weighted by atomic mass is 11.0. The van der Waals surface area contributed by atoms with Gasteiger partial charge in [-0.2, -0.15) is 25.3 Å². The second-order valence-electron chi connectivity index (χ2n) is 0.414. The summed E-state index contributed by atoms with van der Waals surface area (Å²) in [4.78, 5) is 0. The summed E-state index contributed by atoms with van der Waals surface area (Å²) in [5, 5.41) is 0. The molecular formula is C3H11NS2. The highest BCUT2D eigenvalue weighted by molar-refractivity contribution is 7.99. The number of rotatable bonds is 0. The molecule has 2 N–H and O–H groups in total. The van der Waals surface area contributed by atoms with E-state index in [2.05, 4.69) is 25.3 Å². The molecular weight excluding hydrogens is 114 g/mol. The maximum absolute atomic E-state index is 4.84. The molecule has 0 saturated carbocycles. The summed E-state index contributed by atoms with van der Waals surface area (Å²) in [5.41, 5.74) is 4.84. The van der Waals surface area contributed by atoms with Gasteiger partial charge in [-0.1, -0.05) is 13.8 Å². The molecule has 0 fully saturated rings. The average Bonchev–Trinajstić information content (AvgIpc) is 1.41. The van der Waals surface area contributed by atoms with E-state index in [1.165, 1.54) is 0 Å². The number of hydrogen-bond donors (Lipinski definition) is 3. The van der Waals surface area contributed by atoms with Crippen LogP contribution >= 0.6 is 25.3 Å². The Bertz CT molecular complexity index is 13.5. The van der Waals surface area contributed by atoms with Gasteiger partial charge in [0.05, 0.1) is 4.71 Å². The molecule has 0 radical (unpaired) electrons. The zero-order valence-electron chi connectivity index (χ0n) is 4.05. The SMILES string of the molecule is CC.NC(S)S. The highest BCUT2D eigenvalue weighted by Gasteiger charge is 1.68. The highest BCUT2D eigenvalue weighted by Crippen LogP contribution is 1.83. The number of hydrogen-bond acceptors (Lipinski definition) is 3. The zero-order valence-corrected chi connectivity index (χ0v) is 5.84. The fraction of sp³-hybridized carbons (Fsp3) is 1.00. The molecule has 40 valence electrons. The van der Waals surface area contributed by atoms with Gasteiger partial charge < -0.3 is 5.73 Å². The van der Waals surface area contributed by atoms with Crippen LogP contribution < -0.4 is 5.73 Å². The van der Waals surface area contributed by atoms with E-state index in [1.807, 2.05) is 13.8 Å². The van der Waals surface area contributed by atoms with Crippen LogP contribution in [0.25, 0.3) is 0 Å². The molecule has 0 saturated heterocycles. The maximum atomic E-state index is 4.84. The third-order valence-corrected chi connectivity index (χ3v) is 0. The van der Waals surface area contributed by atoms with E-state index in [4.69, 9.17) is 5.73 Å². The lowest BCUT2D eigenvalue weighted by Gasteiger charge is -1.80. The second-order valence-corrected chi connectivity index (χ2v) is 1.93. The summed E-state index contributed by atoms with van der Waals surface area (Å²) in [6, 6.07) is 0. The predicted molar refractivity (Wildman–Crippen MR) is 37.3 cm³/mol. The smallest absolute Gasteiger partial charge is 0.0919 e. The Morgan fingerprint density at radius 3 is 1.33 bits per heavy atom. The number of thiol groups is 2. The normalized spacial score (nSPS) is 7.00. The van der Waals surface area contributed by atoms with Gasteiger partial charge in [0, 0.05) is 0 Å². The van der Waals surface area contributed by atoms with Crippen molar-refractivity contribution in [2.24, 2.45) is 5.73 Å². The topological polar surface area (TPSA) is 26.0 Å². The summed E-state index contributed by atoms with van der Waals surface area (Å²) in [6.45, 7) is 4.00. The summed E-state index contributed by atoms with van der Waals surface area (Å²) >= 11 is 7.22. The molecule has 0 spiro atoms. The van der Waals surface area contributed by atoms with Gasteiger partial charge in [0.1, 0.15) is 0 Å². The van der Waals surface area contributed by atoms with Crippen LogP contribution in [0.15, 0.2) is 0 Å². The van der Waals surface area contributed by atoms with Crippen LogP contribution in [0, 0.1) is 0 Å². The van der Waals surface area contributed by atoms with Crippen LogP contribution in [-0.2, 0) is 0 Å². The Hall–Kier alpha value is 0.660. The lowest BCUT2D eigenvalue weighted by Crippen LogP contribution is -1.99. The van der Waals surface area contributed by atoms with Crippen molar-refractivity contribution >= 4 is 25.3 Å². The monoisotopic (exact) mass is 125 g/mol. The van der Waals surface area contributed by atoms with Gasteiger partial charge in [-0.25, -0.2) is 0 Å². The fourth-order valence-electron chi connectivity index (χ4n) is 0. The van der Waals surface area contributed by atoms with Gasteiger partial charge in [0.15, 0.2) is 0 Å². The van der Waals surface area contributed by atoms with Crippen molar-refractivity contribution in [3.63, 3.8) is 0 Å². The van der Waals surface area contributed by atoms with Crippen LogP contribution in [0.5, 0.6) is 0 Å². The summed E-state index contributed by atoms with van der Waals surface area (Å²) in [7, 11) is 0. The third kappa shape index (κ3) is 143. The molecule has 0 bridgehead atoms. The first kappa shape index (κ1) is 9.83. The van der Waals surface area contributed by atoms with Gasteiger partial charge in [-0.05, 0) is 0 Å². The van der Waals surface area contributed by atoms with Gasteiger partial charge in [-0.3, -0.25) is 0 Å². The highest BCUT2D eigenvalue weighted by atomic mass is 32.2. The Balaban J connectivity index is 0. The summed E-state index contributed by atoms with van der Waals surface area (Å²) in [6.07, 6.45) is 0. The van der Waals surface area contributed by atoms with Crippen molar-refractivity contribution < 1.29 is 0 Å². The van der Waals surface area contributed by atoms with Crippen molar-refractivity contribution in [2.45, 2.75) is 18.6 Å². The van der Waals surface area contributed by atoms with Crippen LogP contribution in [0.3, 0.4) is 0 Å². The maximum Gasteiger partial charge on any atom is 0.0919 e. The Labute approximate surface area is 50.1 Å². The standard InChI is InChI=1S/C2H6.CH5NS2/c1-2;2-1(3)4/h1-2H3;1,3-4H,2H2. The molecule has 0 aromatic rings. The molecule has 3 heteroatoms. The molecule has 0 aliphatic carbocycles. The van der Waals surface area contributed by atoms with Crippen LogP contribution in [0.1, 0.15) is 13.8 Å². The van der Waals surface area contributed by atoms with E-state index < -0.39 is 0 Å². The van der Waals surface area contributed by atoms with Crippen LogP contribution in [0.4, 0.5) is 0 Å². The largest absolute Gasteiger partial charge is 0.311 e. The van der Waals surface area contributed by atoms with Crippen molar-refractivity contribution in [1.29, 1.82) is 0 Å². The zero-order chi connectivity index (χ0) is 5.58. The first-order valence-electron chi connectivity index (χ1n) is 1.85. The van der Waals surface area contributed by atoms with Crippen LogP contribution in [0.2, 0.25) is 0 Å².